The average Bonchev–Trinajstić information content (AvgIpc) is 3.40. The number of methoxy groups -OCH3 is 2. The second-order valence-corrected chi connectivity index (χ2v) is 8.22. The van der Waals surface area contributed by atoms with Crippen molar-refractivity contribution in [3.8, 4) is 28.8 Å². The molecule has 0 unspecified atom stereocenters. The van der Waals surface area contributed by atoms with Gasteiger partial charge < -0.3 is 24.3 Å². The minimum absolute atomic E-state index is 0.0276. The quantitative estimate of drug-likeness (QED) is 0.194. The maximum absolute atomic E-state index is 13.1. The fourth-order valence-electron chi connectivity index (χ4n) is 3.64. The van der Waals surface area contributed by atoms with Crippen molar-refractivity contribution in [3.63, 3.8) is 0 Å². The van der Waals surface area contributed by atoms with Crippen molar-refractivity contribution in [2.75, 3.05) is 26.1 Å². The van der Waals surface area contributed by atoms with Crippen LogP contribution in [-0.4, -0.2) is 58.2 Å². The Balaban J connectivity index is 1.53. The molecule has 0 bridgehead atoms. The van der Waals surface area contributed by atoms with Gasteiger partial charge >= 0.3 is 0 Å². The lowest BCUT2D eigenvalue weighted by atomic mass is 10.1. The van der Waals surface area contributed by atoms with Crippen molar-refractivity contribution >= 4 is 41.5 Å². The zero-order chi connectivity index (χ0) is 28.6. The largest absolute Gasteiger partial charge is 0.493 e. The predicted molar refractivity (Wildman–Crippen MR) is 151 cm³/mol. The van der Waals surface area contributed by atoms with Gasteiger partial charge in [0.15, 0.2) is 33.9 Å². The van der Waals surface area contributed by atoms with Gasteiger partial charge in [-0.1, -0.05) is 11.6 Å². The number of amides is 1. The van der Waals surface area contributed by atoms with E-state index in [1.165, 1.54) is 29.5 Å². The van der Waals surface area contributed by atoms with E-state index in [1.54, 1.807) is 51.5 Å². The van der Waals surface area contributed by atoms with Crippen LogP contribution in [0.4, 0.5) is 11.5 Å². The van der Waals surface area contributed by atoms with Gasteiger partial charge in [-0.25, -0.2) is 19.6 Å². The third kappa shape index (κ3) is 6.02. The van der Waals surface area contributed by atoms with E-state index in [2.05, 4.69) is 37.1 Å². The first-order chi connectivity index (χ1) is 19.4. The number of allylic oxidation sites excluding steroid dienone is 1. The molecule has 12 nitrogen and oxygen atoms in total. The van der Waals surface area contributed by atoms with Crippen LogP contribution in [0.1, 0.15) is 29.9 Å². The maximum atomic E-state index is 13.1. The molecule has 1 amide bonds. The van der Waals surface area contributed by atoms with Crippen LogP contribution < -0.4 is 24.3 Å². The number of ether oxygens (including phenoxy) is 4. The summed E-state index contributed by atoms with van der Waals surface area (Å²) >= 11 is 6.13. The number of pyridine rings is 1. The van der Waals surface area contributed by atoms with Gasteiger partial charge in [-0.2, -0.15) is 5.10 Å². The molecule has 3 heterocycles. The van der Waals surface area contributed by atoms with Crippen molar-refractivity contribution in [2.24, 2.45) is 4.99 Å². The van der Waals surface area contributed by atoms with Crippen molar-refractivity contribution in [1.82, 2.24) is 24.7 Å². The van der Waals surface area contributed by atoms with Crippen LogP contribution in [0.3, 0.4) is 0 Å². The SMILES string of the molecule is C=Nc1cc(OC)c(OC)cc1/C(=C\C)Oc1ccc(NC(=O)c2nn(-c3nccnc3Cl)cc2OCC)nc1. The van der Waals surface area contributed by atoms with E-state index < -0.39 is 5.91 Å². The van der Waals surface area contributed by atoms with E-state index in [1.807, 2.05) is 6.92 Å². The van der Waals surface area contributed by atoms with Gasteiger partial charge in [-0.05, 0) is 44.8 Å². The van der Waals surface area contributed by atoms with Crippen molar-refractivity contribution in [3.05, 3.63) is 71.5 Å². The lowest BCUT2D eigenvalue weighted by Gasteiger charge is -2.15. The summed E-state index contributed by atoms with van der Waals surface area (Å²) in [5, 5.41) is 7.14. The molecule has 1 N–H and O–H groups in total. The number of carbonyl (C=O) groups is 1. The number of aliphatic imine (C=N–C) groups is 1. The number of carbonyl (C=O) groups excluding carboxylic acids is 1. The third-order valence-electron chi connectivity index (χ3n) is 5.45. The van der Waals surface area contributed by atoms with E-state index in [0.29, 0.717) is 40.9 Å². The summed E-state index contributed by atoms with van der Waals surface area (Å²) in [5.41, 5.74) is 1.23. The zero-order valence-electron chi connectivity index (χ0n) is 22.2. The summed E-state index contributed by atoms with van der Waals surface area (Å²) in [6.45, 7) is 7.58. The first-order valence-electron chi connectivity index (χ1n) is 12.0. The number of rotatable bonds is 11. The Morgan fingerprint density at radius 2 is 1.88 bits per heavy atom. The highest BCUT2D eigenvalue weighted by atomic mass is 35.5. The molecule has 4 aromatic rings. The monoisotopic (exact) mass is 563 g/mol. The van der Waals surface area contributed by atoms with Crippen LogP contribution in [0.15, 0.2) is 60.1 Å². The molecule has 0 fully saturated rings. The fourth-order valence-corrected chi connectivity index (χ4v) is 3.83. The molecule has 206 valence electrons. The molecule has 0 saturated heterocycles. The molecule has 3 aromatic heterocycles. The van der Waals surface area contributed by atoms with E-state index in [-0.39, 0.29) is 28.2 Å². The Morgan fingerprint density at radius 3 is 2.50 bits per heavy atom. The fraction of sp³-hybridized carbons (Fsp3) is 0.185. The van der Waals surface area contributed by atoms with E-state index in [4.69, 9.17) is 30.5 Å². The highest BCUT2D eigenvalue weighted by molar-refractivity contribution is 6.30. The van der Waals surface area contributed by atoms with Gasteiger partial charge in [0.1, 0.15) is 17.3 Å². The van der Waals surface area contributed by atoms with Crippen LogP contribution in [0, 0.1) is 0 Å². The second-order valence-electron chi connectivity index (χ2n) is 7.86. The van der Waals surface area contributed by atoms with E-state index in [0.717, 1.165) is 0 Å². The molecule has 0 aliphatic carbocycles. The number of aromatic nitrogens is 5. The van der Waals surface area contributed by atoms with Gasteiger partial charge in [-0.3, -0.25) is 9.79 Å². The number of benzene rings is 1. The van der Waals surface area contributed by atoms with Crippen molar-refractivity contribution in [1.29, 1.82) is 0 Å². The molecule has 0 aliphatic rings. The molecule has 0 saturated carbocycles. The molecule has 0 spiro atoms. The predicted octanol–water partition coefficient (Wildman–Crippen LogP) is 5.15. The molecule has 0 aliphatic heterocycles. The van der Waals surface area contributed by atoms with Crippen molar-refractivity contribution < 1.29 is 23.7 Å². The first kappa shape index (κ1) is 28.0. The number of anilines is 1. The normalized spacial score (nSPS) is 11.1. The maximum Gasteiger partial charge on any atom is 0.281 e. The first-order valence-corrected chi connectivity index (χ1v) is 12.3. The molecule has 13 heteroatoms. The molecule has 0 atom stereocenters. The average molecular weight is 564 g/mol. The topological polar surface area (TPSA) is 135 Å². The van der Waals surface area contributed by atoms with Crippen LogP contribution in [-0.2, 0) is 0 Å². The molecular weight excluding hydrogens is 538 g/mol. The summed E-state index contributed by atoms with van der Waals surface area (Å²) in [6, 6.07) is 6.72. The Morgan fingerprint density at radius 1 is 1.12 bits per heavy atom. The number of hydrogen-bond donors (Lipinski definition) is 1. The van der Waals surface area contributed by atoms with E-state index in [9.17, 15) is 4.79 Å². The highest BCUT2D eigenvalue weighted by Gasteiger charge is 2.21. The van der Waals surface area contributed by atoms with Gasteiger partial charge in [0.25, 0.3) is 5.91 Å². The Kier molecular flexibility index (Phi) is 8.92. The summed E-state index contributed by atoms with van der Waals surface area (Å²) < 4.78 is 23.8. The zero-order valence-corrected chi connectivity index (χ0v) is 23.0. The van der Waals surface area contributed by atoms with Gasteiger partial charge in [-0.15, -0.1) is 0 Å². The van der Waals surface area contributed by atoms with Crippen molar-refractivity contribution in [2.45, 2.75) is 13.8 Å². The second kappa shape index (κ2) is 12.7. The van der Waals surface area contributed by atoms with Crippen LogP contribution in [0.25, 0.3) is 11.6 Å². The lowest BCUT2D eigenvalue weighted by Crippen LogP contribution is -2.15. The number of nitrogens with one attached hydrogen (secondary N) is 1. The summed E-state index contributed by atoms with van der Waals surface area (Å²) in [6.07, 6.45) is 7.68. The minimum Gasteiger partial charge on any atom is -0.493 e. The molecule has 1 aromatic carbocycles. The van der Waals surface area contributed by atoms with Gasteiger partial charge in [0, 0.05) is 24.0 Å². The third-order valence-corrected chi connectivity index (χ3v) is 5.72. The summed E-state index contributed by atoms with van der Waals surface area (Å²) in [4.78, 5) is 29.6. The van der Waals surface area contributed by atoms with Gasteiger partial charge in [0.2, 0.25) is 0 Å². The molecule has 40 heavy (non-hydrogen) atoms. The van der Waals surface area contributed by atoms with E-state index >= 15 is 0 Å². The van der Waals surface area contributed by atoms with Gasteiger partial charge in [0.05, 0.1) is 38.9 Å². The summed E-state index contributed by atoms with van der Waals surface area (Å²) in [7, 11) is 3.09. The number of halogens is 1. The van der Waals surface area contributed by atoms with Crippen LogP contribution >= 0.6 is 11.6 Å². The van der Waals surface area contributed by atoms with Crippen LogP contribution in [0.2, 0.25) is 5.15 Å². The Bertz CT molecular complexity index is 1550. The number of nitrogens with zero attached hydrogens (tertiary/aromatic N) is 6. The number of hydrogen-bond acceptors (Lipinski definition) is 10. The Hall–Kier alpha value is -4.97. The van der Waals surface area contributed by atoms with Crippen LogP contribution in [0.5, 0.6) is 23.0 Å². The molecular formula is C27H26ClN7O5. The Labute approximate surface area is 235 Å². The lowest BCUT2D eigenvalue weighted by molar-refractivity contribution is 0.101. The summed E-state index contributed by atoms with van der Waals surface area (Å²) in [5.74, 6) is 2.19. The smallest absolute Gasteiger partial charge is 0.281 e. The minimum atomic E-state index is -0.537. The molecule has 4 rings (SSSR count). The molecule has 0 radical (unpaired) electrons. The standard InChI is InChI=1S/C27H26ClN7O5/c1-6-19(17-12-20(37-4)21(38-5)13-18(17)29-3)40-16-8-9-23(32-14-16)33-27(36)24-22(39-7-2)15-35(34-24)26-25(28)30-10-11-31-26/h6,8-15H,3,7H2,1-2,4-5H3,(H,32,33,36)/b19-6+. The highest BCUT2D eigenvalue weighted by Crippen LogP contribution is 2.38.